The van der Waals surface area contributed by atoms with E-state index in [4.69, 9.17) is 11.6 Å². The van der Waals surface area contributed by atoms with Crippen molar-refractivity contribution in [3.8, 4) is 0 Å². The zero-order valence-corrected chi connectivity index (χ0v) is 9.15. The molecule has 0 aliphatic heterocycles. The first kappa shape index (κ1) is 11.4. The second-order valence-electron chi connectivity index (χ2n) is 4.08. The number of alkyl halides is 3. The predicted octanol–water partition coefficient (Wildman–Crippen LogP) is 3.11. The van der Waals surface area contributed by atoms with Gasteiger partial charge in [-0.2, -0.15) is 13.2 Å². The molecule has 1 N–H and O–H groups in total. The molecule has 0 aromatic carbocycles. The van der Waals surface area contributed by atoms with Crippen LogP contribution in [0, 0.1) is 0 Å². The van der Waals surface area contributed by atoms with Gasteiger partial charge in [0.1, 0.15) is 11.4 Å². The molecule has 0 amide bonds. The summed E-state index contributed by atoms with van der Waals surface area (Å²) in [4.78, 5) is 6.94. The number of aromatic nitrogens is 2. The van der Waals surface area contributed by atoms with Crippen LogP contribution in [0.25, 0.3) is 0 Å². The standard InChI is InChI=1S/C9H9ClF3N3/c1-8(2-3-8)16-6-5(9(11,12)13)4-14-7(10)15-6/h4H,2-3H2,1H3,(H,14,15,16). The fourth-order valence-electron chi connectivity index (χ4n) is 1.26. The number of nitrogens with one attached hydrogen (secondary N) is 1. The van der Waals surface area contributed by atoms with Gasteiger partial charge in [0, 0.05) is 11.7 Å². The Labute approximate surface area is 95.0 Å². The highest BCUT2D eigenvalue weighted by atomic mass is 35.5. The molecule has 3 nitrogen and oxygen atoms in total. The van der Waals surface area contributed by atoms with Crippen LogP contribution in [-0.4, -0.2) is 15.5 Å². The van der Waals surface area contributed by atoms with Crippen molar-refractivity contribution in [2.24, 2.45) is 0 Å². The van der Waals surface area contributed by atoms with Crippen molar-refractivity contribution < 1.29 is 13.2 Å². The van der Waals surface area contributed by atoms with Crippen LogP contribution in [0.3, 0.4) is 0 Å². The van der Waals surface area contributed by atoms with Crippen LogP contribution in [0.1, 0.15) is 25.3 Å². The number of rotatable bonds is 2. The molecule has 0 saturated heterocycles. The molecule has 1 aliphatic rings. The third-order valence-corrected chi connectivity index (χ3v) is 2.67. The van der Waals surface area contributed by atoms with Crippen LogP contribution in [0.5, 0.6) is 0 Å². The second-order valence-corrected chi connectivity index (χ2v) is 4.42. The first-order valence-electron chi connectivity index (χ1n) is 4.68. The Kier molecular flexibility index (Phi) is 2.49. The summed E-state index contributed by atoms with van der Waals surface area (Å²) in [5.41, 5.74) is -1.18. The normalized spacial score (nSPS) is 18.3. The lowest BCUT2D eigenvalue weighted by molar-refractivity contribution is -0.137. The van der Waals surface area contributed by atoms with Gasteiger partial charge in [0.05, 0.1) is 0 Å². The average molecular weight is 252 g/mol. The molecule has 0 atom stereocenters. The van der Waals surface area contributed by atoms with Gasteiger partial charge in [-0.1, -0.05) is 0 Å². The number of halogens is 4. The van der Waals surface area contributed by atoms with E-state index in [2.05, 4.69) is 15.3 Å². The zero-order chi connectivity index (χ0) is 12.0. The monoisotopic (exact) mass is 251 g/mol. The summed E-state index contributed by atoms with van der Waals surface area (Å²) >= 11 is 5.49. The van der Waals surface area contributed by atoms with Crippen molar-refractivity contribution in [2.75, 3.05) is 5.32 Å². The number of nitrogens with zero attached hydrogens (tertiary/aromatic N) is 2. The lowest BCUT2D eigenvalue weighted by Crippen LogP contribution is -2.21. The van der Waals surface area contributed by atoms with Gasteiger partial charge in [-0.3, -0.25) is 0 Å². The number of anilines is 1. The summed E-state index contributed by atoms with van der Waals surface area (Å²) in [5, 5.41) is 2.56. The van der Waals surface area contributed by atoms with E-state index in [-0.39, 0.29) is 16.6 Å². The minimum Gasteiger partial charge on any atom is -0.364 e. The van der Waals surface area contributed by atoms with Crippen molar-refractivity contribution in [3.05, 3.63) is 17.0 Å². The molecule has 0 unspecified atom stereocenters. The van der Waals surface area contributed by atoms with Gasteiger partial charge in [0.2, 0.25) is 5.28 Å². The molecule has 0 bridgehead atoms. The molecule has 0 radical (unpaired) electrons. The Balaban J connectivity index is 2.36. The highest BCUT2D eigenvalue weighted by Crippen LogP contribution is 2.41. The first-order chi connectivity index (χ1) is 7.30. The fraction of sp³-hybridized carbons (Fsp3) is 0.556. The minimum atomic E-state index is -4.47. The topological polar surface area (TPSA) is 37.8 Å². The average Bonchev–Trinajstić information content (AvgIpc) is 2.80. The van der Waals surface area contributed by atoms with Crippen LogP contribution in [0.15, 0.2) is 6.20 Å². The van der Waals surface area contributed by atoms with Gasteiger partial charge >= 0.3 is 6.18 Å². The van der Waals surface area contributed by atoms with Crippen LogP contribution >= 0.6 is 11.6 Å². The molecule has 7 heteroatoms. The summed E-state index contributed by atoms with van der Waals surface area (Å²) < 4.78 is 37.8. The van der Waals surface area contributed by atoms with E-state index in [0.717, 1.165) is 12.8 Å². The van der Waals surface area contributed by atoms with E-state index in [1.165, 1.54) is 0 Å². The van der Waals surface area contributed by atoms with Crippen molar-refractivity contribution in [3.63, 3.8) is 0 Å². The van der Waals surface area contributed by atoms with E-state index in [1.54, 1.807) is 0 Å². The van der Waals surface area contributed by atoms with E-state index >= 15 is 0 Å². The molecule has 16 heavy (non-hydrogen) atoms. The fourth-order valence-corrected chi connectivity index (χ4v) is 1.39. The Morgan fingerprint density at radius 1 is 1.44 bits per heavy atom. The maximum atomic E-state index is 12.6. The molecule has 1 aromatic rings. The van der Waals surface area contributed by atoms with Crippen molar-refractivity contribution >= 4 is 17.4 Å². The van der Waals surface area contributed by atoms with E-state index in [9.17, 15) is 13.2 Å². The molecule has 1 saturated carbocycles. The Morgan fingerprint density at radius 3 is 2.56 bits per heavy atom. The Morgan fingerprint density at radius 2 is 2.06 bits per heavy atom. The number of hydrogen-bond acceptors (Lipinski definition) is 3. The van der Waals surface area contributed by atoms with Gasteiger partial charge in [-0.25, -0.2) is 9.97 Å². The highest BCUT2D eigenvalue weighted by Gasteiger charge is 2.41. The molecule has 1 aromatic heterocycles. The maximum Gasteiger partial charge on any atom is 0.421 e. The maximum absolute atomic E-state index is 12.6. The Hall–Kier alpha value is -1.04. The zero-order valence-electron chi connectivity index (χ0n) is 8.40. The molecule has 0 spiro atoms. The van der Waals surface area contributed by atoms with Crippen LogP contribution in [0.4, 0.5) is 19.0 Å². The van der Waals surface area contributed by atoms with Gasteiger partial charge in [-0.15, -0.1) is 0 Å². The lowest BCUT2D eigenvalue weighted by atomic mass is 10.2. The van der Waals surface area contributed by atoms with Crippen LogP contribution in [-0.2, 0) is 6.18 Å². The summed E-state index contributed by atoms with van der Waals surface area (Å²) in [6.07, 6.45) is -2.13. The highest BCUT2D eigenvalue weighted by molar-refractivity contribution is 6.28. The molecule has 2 rings (SSSR count). The summed E-state index contributed by atoms with van der Waals surface area (Å²) in [6.45, 7) is 1.84. The van der Waals surface area contributed by atoms with E-state index < -0.39 is 11.7 Å². The van der Waals surface area contributed by atoms with Crippen LogP contribution in [0.2, 0.25) is 5.28 Å². The lowest BCUT2D eigenvalue weighted by Gasteiger charge is -2.16. The summed E-state index contributed by atoms with van der Waals surface area (Å²) in [6, 6.07) is 0. The molecule has 1 heterocycles. The molecule has 1 aliphatic carbocycles. The summed E-state index contributed by atoms with van der Waals surface area (Å²) in [7, 11) is 0. The van der Waals surface area contributed by atoms with Crippen molar-refractivity contribution in [2.45, 2.75) is 31.5 Å². The molecule has 88 valence electrons. The van der Waals surface area contributed by atoms with E-state index in [0.29, 0.717) is 6.20 Å². The smallest absolute Gasteiger partial charge is 0.364 e. The SMILES string of the molecule is CC1(Nc2nc(Cl)ncc2C(F)(F)F)CC1. The third-order valence-electron chi connectivity index (χ3n) is 2.48. The quantitative estimate of drug-likeness (QED) is 0.821. The molecular weight excluding hydrogens is 243 g/mol. The first-order valence-corrected chi connectivity index (χ1v) is 5.06. The largest absolute Gasteiger partial charge is 0.421 e. The van der Waals surface area contributed by atoms with Gasteiger partial charge in [0.25, 0.3) is 0 Å². The van der Waals surface area contributed by atoms with Crippen molar-refractivity contribution in [1.82, 2.24) is 9.97 Å². The number of hydrogen-bond donors (Lipinski definition) is 1. The molecular formula is C9H9ClF3N3. The summed E-state index contributed by atoms with van der Waals surface area (Å²) in [5.74, 6) is -0.243. The van der Waals surface area contributed by atoms with Gasteiger partial charge in [0.15, 0.2) is 0 Å². The Bertz CT molecular complexity index is 415. The van der Waals surface area contributed by atoms with Crippen LogP contribution < -0.4 is 5.32 Å². The second kappa shape index (κ2) is 3.48. The predicted molar refractivity (Wildman–Crippen MR) is 53.3 cm³/mol. The third kappa shape index (κ3) is 2.37. The van der Waals surface area contributed by atoms with Crippen molar-refractivity contribution in [1.29, 1.82) is 0 Å². The van der Waals surface area contributed by atoms with E-state index in [1.807, 2.05) is 6.92 Å². The minimum absolute atomic E-state index is 0.195. The van der Waals surface area contributed by atoms with Gasteiger partial charge < -0.3 is 5.32 Å². The van der Waals surface area contributed by atoms with Gasteiger partial charge in [-0.05, 0) is 31.4 Å². The molecule has 1 fully saturated rings.